The second-order valence-corrected chi connectivity index (χ2v) is 9.82. The van der Waals surface area contributed by atoms with Crippen molar-refractivity contribution >= 4 is 14.0 Å². The van der Waals surface area contributed by atoms with E-state index >= 15 is 0 Å². The predicted molar refractivity (Wildman–Crippen MR) is 66.7 cm³/mol. The zero-order valence-electron chi connectivity index (χ0n) is 10.6. The summed E-state index contributed by atoms with van der Waals surface area (Å²) >= 11 is 0. The zero-order valence-corrected chi connectivity index (χ0v) is 11.6. The van der Waals surface area contributed by atoms with Gasteiger partial charge in [0.15, 0.2) is 5.60 Å². The van der Waals surface area contributed by atoms with E-state index in [1.54, 1.807) is 0 Å². The van der Waals surface area contributed by atoms with Gasteiger partial charge in [0.1, 0.15) is 8.07 Å². The molecule has 1 aliphatic rings. The number of carbonyl (C=O) groups is 1. The molecule has 0 aromatic rings. The molecule has 2 unspecified atom stereocenters. The van der Waals surface area contributed by atoms with Crippen LogP contribution < -0.4 is 0 Å². The van der Waals surface area contributed by atoms with Crippen molar-refractivity contribution in [2.24, 2.45) is 0 Å². The number of ether oxygens (including phenoxy) is 2. The van der Waals surface area contributed by atoms with Crippen LogP contribution in [0.4, 0.5) is 0 Å². The normalized spacial score (nSPS) is 28.2. The molecule has 17 heavy (non-hydrogen) atoms. The Bertz CT molecular complexity index is 386. The molecule has 0 fully saturated rings. The Morgan fingerprint density at radius 3 is 2.65 bits per heavy atom. The van der Waals surface area contributed by atoms with Crippen molar-refractivity contribution in [3.8, 4) is 11.5 Å². The Kier molecular flexibility index (Phi) is 4.15. The predicted octanol–water partition coefficient (Wildman–Crippen LogP) is 1.07. The van der Waals surface area contributed by atoms with E-state index in [9.17, 15) is 9.90 Å². The summed E-state index contributed by atoms with van der Waals surface area (Å²) in [5.41, 5.74) is 1.82. The minimum absolute atomic E-state index is 0.0128. The molecule has 2 atom stereocenters. The molecular weight excluding hydrogens is 236 g/mol. The molecule has 1 rings (SSSR count). The largest absolute Gasteiger partial charge is 0.432 e. The number of hydrogen-bond acceptors (Lipinski definition) is 4. The maximum Gasteiger partial charge on any atom is 0.305 e. The van der Waals surface area contributed by atoms with Gasteiger partial charge in [0.25, 0.3) is 0 Å². The van der Waals surface area contributed by atoms with Crippen LogP contribution in [0.25, 0.3) is 0 Å². The third-order valence-electron chi connectivity index (χ3n) is 1.93. The summed E-state index contributed by atoms with van der Waals surface area (Å²) in [7, 11) is -1.53. The van der Waals surface area contributed by atoms with E-state index in [0.717, 1.165) is 0 Å². The molecule has 1 N–H and O–H groups in total. The Labute approximate surface area is 103 Å². The van der Waals surface area contributed by atoms with Gasteiger partial charge in [-0.3, -0.25) is 4.79 Å². The molecule has 0 aliphatic carbocycles. The van der Waals surface area contributed by atoms with E-state index in [4.69, 9.17) is 9.47 Å². The standard InChI is InChI=1S/C12H18O4Si/c1-10(13)16-11-5-6-12(14,9-15-11)7-8-17(2,3)4/h5-6,11,14H,9H2,1-4H3. The van der Waals surface area contributed by atoms with Crippen molar-refractivity contribution in [2.75, 3.05) is 6.61 Å². The van der Waals surface area contributed by atoms with Gasteiger partial charge in [-0.15, -0.1) is 5.54 Å². The maximum atomic E-state index is 10.7. The smallest absolute Gasteiger partial charge is 0.305 e. The lowest BCUT2D eigenvalue weighted by Crippen LogP contribution is -2.38. The van der Waals surface area contributed by atoms with Gasteiger partial charge in [0.2, 0.25) is 6.29 Å². The van der Waals surface area contributed by atoms with Crippen LogP contribution in [-0.4, -0.2) is 37.6 Å². The van der Waals surface area contributed by atoms with E-state index < -0.39 is 25.9 Å². The summed E-state index contributed by atoms with van der Waals surface area (Å²) in [6, 6.07) is 0. The van der Waals surface area contributed by atoms with Gasteiger partial charge in [0, 0.05) is 6.92 Å². The Morgan fingerprint density at radius 2 is 2.24 bits per heavy atom. The highest BCUT2D eigenvalue weighted by molar-refractivity contribution is 6.83. The summed E-state index contributed by atoms with van der Waals surface area (Å²) < 4.78 is 10.0. The summed E-state index contributed by atoms with van der Waals surface area (Å²) in [6.07, 6.45) is 2.31. The Morgan fingerprint density at radius 1 is 1.59 bits per heavy atom. The SMILES string of the molecule is CC(=O)OC1C=CC(O)(C#C[Si](C)(C)C)CO1. The molecule has 1 aliphatic heterocycles. The van der Waals surface area contributed by atoms with E-state index in [-0.39, 0.29) is 6.61 Å². The summed E-state index contributed by atoms with van der Waals surface area (Å²) in [6.45, 7) is 7.61. The fraction of sp³-hybridized carbons (Fsp3) is 0.583. The molecule has 0 aromatic heterocycles. The third-order valence-corrected chi connectivity index (χ3v) is 2.81. The summed E-state index contributed by atoms with van der Waals surface area (Å²) in [4.78, 5) is 10.7. The van der Waals surface area contributed by atoms with Crippen molar-refractivity contribution in [1.82, 2.24) is 0 Å². The Hall–Kier alpha value is -1.09. The van der Waals surface area contributed by atoms with Crippen molar-refractivity contribution in [1.29, 1.82) is 0 Å². The second kappa shape index (κ2) is 5.04. The number of carbonyl (C=O) groups excluding carboxylic acids is 1. The molecular formula is C12H18O4Si. The highest BCUT2D eigenvalue weighted by Crippen LogP contribution is 2.16. The molecule has 5 heteroatoms. The van der Waals surface area contributed by atoms with Crippen molar-refractivity contribution in [2.45, 2.75) is 38.5 Å². The topological polar surface area (TPSA) is 55.8 Å². The highest BCUT2D eigenvalue weighted by atomic mass is 28.3. The lowest BCUT2D eigenvalue weighted by atomic mass is 10.0. The van der Waals surface area contributed by atoms with Gasteiger partial charge in [0.05, 0.1) is 6.61 Å². The first-order chi connectivity index (χ1) is 7.70. The number of rotatable bonds is 1. The quantitative estimate of drug-likeness (QED) is 0.329. The van der Waals surface area contributed by atoms with E-state index in [0.29, 0.717) is 0 Å². The van der Waals surface area contributed by atoms with Gasteiger partial charge in [-0.1, -0.05) is 25.6 Å². The summed E-state index contributed by atoms with van der Waals surface area (Å²) in [5.74, 6) is 2.41. The van der Waals surface area contributed by atoms with Crippen molar-refractivity contribution in [3.63, 3.8) is 0 Å². The van der Waals surface area contributed by atoms with Crippen LogP contribution >= 0.6 is 0 Å². The van der Waals surface area contributed by atoms with Crippen LogP contribution in [-0.2, 0) is 14.3 Å². The zero-order chi connectivity index (χ0) is 13.1. The average molecular weight is 254 g/mol. The fourth-order valence-electron chi connectivity index (χ4n) is 1.16. The third kappa shape index (κ3) is 5.17. The van der Waals surface area contributed by atoms with Crippen molar-refractivity contribution < 1.29 is 19.4 Å². The molecule has 0 aromatic carbocycles. The van der Waals surface area contributed by atoms with Crippen LogP contribution in [0, 0.1) is 11.5 Å². The Balaban J connectivity index is 2.70. The van der Waals surface area contributed by atoms with Gasteiger partial charge in [-0.25, -0.2) is 0 Å². The molecule has 4 nitrogen and oxygen atoms in total. The van der Waals surface area contributed by atoms with Gasteiger partial charge >= 0.3 is 5.97 Å². The molecule has 1 heterocycles. The minimum Gasteiger partial charge on any atom is -0.432 e. The first kappa shape index (κ1) is 14.0. The minimum atomic E-state index is -1.53. The number of hydrogen-bond donors (Lipinski definition) is 1. The molecule has 0 saturated carbocycles. The fourth-order valence-corrected chi connectivity index (χ4v) is 1.75. The van der Waals surface area contributed by atoms with E-state index in [1.165, 1.54) is 19.1 Å². The lowest BCUT2D eigenvalue weighted by Gasteiger charge is -2.26. The van der Waals surface area contributed by atoms with Crippen LogP contribution in [0.5, 0.6) is 0 Å². The van der Waals surface area contributed by atoms with Crippen LogP contribution in [0.3, 0.4) is 0 Å². The molecule has 0 saturated heterocycles. The lowest BCUT2D eigenvalue weighted by molar-refractivity contribution is -0.174. The first-order valence-electron chi connectivity index (χ1n) is 5.45. The molecule has 0 amide bonds. The molecule has 94 valence electrons. The average Bonchev–Trinajstić information content (AvgIpc) is 2.18. The maximum absolute atomic E-state index is 10.7. The summed E-state index contributed by atoms with van der Waals surface area (Å²) in [5, 5.41) is 10.1. The second-order valence-electron chi connectivity index (χ2n) is 5.07. The first-order valence-corrected chi connectivity index (χ1v) is 8.95. The number of aliphatic hydroxyl groups is 1. The van der Waals surface area contributed by atoms with Gasteiger partial charge < -0.3 is 14.6 Å². The monoisotopic (exact) mass is 254 g/mol. The highest BCUT2D eigenvalue weighted by Gasteiger charge is 2.28. The molecule has 0 radical (unpaired) electrons. The van der Waals surface area contributed by atoms with Gasteiger partial charge in [-0.2, -0.15) is 0 Å². The van der Waals surface area contributed by atoms with Crippen LogP contribution in [0.2, 0.25) is 19.6 Å². The van der Waals surface area contributed by atoms with Crippen LogP contribution in [0.1, 0.15) is 6.92 Å². The van der Waals surface area contributed by atoms with Crippen LogP contribution in [0.15, 0.2) is 12.2 Å². The number of esters is 1. The van der Waals surface area contributed by atoms with Gasteiger partial charge in [-0.05, 0) is 12.2 Å². The van der Waals surface area contributed by atoms with E-state index in [2.05, 4.69) is 31.1 Å². The van der Waals surface area contributed by atoms with Crippen molar-refractivity contribution in [3.05, 3.63) is 12.2 Å². The van der Waals surface area contributed by atoms with E-state index in [1.807, 2.05) is 0 Å². The molecule has 0 spiro atoms. The molecule has 0 bridgehead atoms.